The lowest BCUT2D eigenvalue weighted by atomic mass is 9.94. The Morgan fingerprint density at radius 3 is 2.74 bits per heavy atom. The van der Waals surface area contributed by atoms with Gasteiger partial charge in [0.1, 0.15) is 5.65 Å². The van der Waals surface area contributed by atoms with E-state index in [2.05, 4.69) is 15.6 Å². The Kier molecular flexibility index (Phi) is 5.53. The summed E-state index contributed by atoms with van der Waals surface area (Å²) in [5, 5.41) is 11.8. The summed E-state index contributed by atoms with van der Waals surface area (Å²) < 4.78 is 1.84. The number of nitrogens with zero attached hydrogens (tertiary/aromatic N) is 2. The fraction of sp³-hybridized carbons (Fsp3) is 0.421. The number of nitrogens with one attached hydrogen (secondary N) is 3. The molecule has 3 aromatic rings. The van der Waals surface area contributed by atoms with Gasteiger partial charge >= 0.3 is 0 Å². The van der Waals surface area contributed by atoms with Crippen molar-refractivity contribution in [3.63, 3.8) is 0 Å². The lowest BCUT2D eigenvalue weighted by molar-refractivity contribution is -0.118. The lowest BCUT2D eigenvalue weighted by Crippen LogP contribution is -2.28. The number of anilines is 1. The predicted octanol–water partition coefficient (Wildman–Crippen LogP) is 2.66. The number of H-pyrrole nitrogens is 1. The number of carbonyl (C=O) groups is 1. The van der Waals surface area contributed by atoms with Gasteiger partial charge in [0.05, 0.1) is 22.3 Å². The summed E-state index contributed by atoms with van der Waals surface area (Å²) in [7, 11) is 0. The molecule has 4 rings (SSSR count). The van der Waals surface area contributed by atoms with Crippen molar-refractivity contribution in [2.24, 2.45) is 5.92 Å². The Labute approximate surface area is 162 Å². The SMILES string of the molecule is CC(C)C(=O)Nc1cccc2nn3c(C4CCNCC4)cc(=O)[nH]c3c12.Cl. The maximum Gasteiger partial charge on any atom is 0.251 e. The zero-order valence-corrected chi connectivity index (χ0v) is 16.2. The van der Waals surface area contributed by atoms with Crippen molar-refractivity contribution in [1.82, 2.24) is 19.9 Å². The van der Waals surface area contributed by atoms with E-state index in [-0.39, 0.29) is 29.8 Å². The van der Waals surface area contributed by atoms with Crippen molar-refractivity contribution in [3.05, 3.63) is 40.3 Å². The zero-order valence-electron chi connectivity index (χ0n) is 15.4. The highest BCUT2D eigenvalue weighted by molar-refractivity contribution is 6.07. The van der Waals surface area contributed by atoms with Crippen molar-refractivity contribution in [2.45, 2.75) is 32.6 Å². The molecule has 1 saturated heterocycles. The number of fused-ring (bicyclic) bond motifs is 3. The van der Waals surface area contributed by atoms with E-state index in [1.54, 1.807) is 6.07 Å². The molecule has 0 spiro atoms. The van der Waals surface area contributed by atoms with Crippen LogP contribution in [0.15, 0.2) is 29.1 Å². The molecule has 8 heteroatoms. The maximum absolute atomic E-state index is 12.3. The van der Waals surface area contributed by atoms with E-state index >= 15 is 0 Å². The largest absolute Gasteiger partial charge is 0.325 e. The van der Waals surface area contributed by atoms with Gasteiger partial charge < -0.3 is 15.6 Å². The second-order valence-electron chi connectivity index (χ2n) is 7.19. The van der Waals surface area contributed by atoms with Crippen molar-refractivity contribution in [1.29, 1.82) is 0 Å². The number of aromatic nitrogens is 3. The molecule has 7 nitrogen and oxygen atoms in total. The summed E-state index contributed by atoms with van der Waals surface area (Å²) in [6.45, 7) is 5.58. The van der Waals surface area contributed by atoms with E-state index < -0.39 is 0 Å². The molecule has 1 aliphatic rings. The first-order valence-electron chi connectivity index (χ1n) is 9.11. The highest BCUT2D eigenvalue weighted by Crippen LogP contribution is 2.30. The average molecular weight is 390 g/mol. The molecular formula is C19H24ClN5O2. The van der Waals surface area contributed by atoms with Gasteiger partial charge in [-0.25, -0.2) is 4.52 Å². The van der Waals surface area contributed by atoms with Crippen LogP contribution in [0.3, 0.4) is 0 Å². The first-order chi connectivity index (χ1) is 12.5. The minimum atomic E-state index is -0.141. The molecule has 0 unspecified atom stereocenters. The number of hydrogen-bond donors (Lipinski definition) is 3. The van der Waals surface area contributed by atoms with Crippen LogP contribution in [0.2, 0.25) is 0 Å². The third-order valence-electron chi connectivity index (χ3n) is 5.00. The standard InChI is InChI=1S/C19H23N5O2.ClH/c1-11(2)19(26)21-13-4-3-5-14-17(13)18-22-16(25)10-15(24(18)23-14)12-6-8-20-9-7-12;/h3-5,10-12,20H,6-9H2,1-2H3,(H,21,26)(H,22,25);1H. The number of rotatable bonds is 3. The molecule has 2 aromatic heterocycles. The van der Waals surface area contributed by atoms with Gasteiger partial charge in [0.15, 0.2) is 0 Å². The van der Waals surface area contributed by atoms with Gasteiger partial charge in [-0.15, -0.1) is 12.4 Å². The summed E-state index contributed by atoms with van der Waals surface area (Å²) in [4.78, 5) is 27.4. The van der Waals surface area contributed by atoms with Crippen molar-refractivity contribution in [3.8, 4) is 0 Å². The zero-order chi connectivity index (χ0) is 18.3. The normalized spacial score (nSPS) is 15.2. The van der Waals surface area contributed by atoms with Gasteiger partial charge in [-0.3, -0.25) is 9.59 Å². The Morgan fingerprint density at radius 1 is 1.30 bits per heavy atom. The fourth-order valence-corrected chi connectivity index (χ4v) is 3.58. The van der Waals surface area contributed by atoms with E-state index in [1.807, 2.05) is 36.6 Å². The van der Waals surface area contributed by atoms with Crippen LogP contribution < -0.4 is 16.2 Å². The van der Waals surface area contributed by atoms with Crippen LogP contribution in [0.1, 0.15) is 38.3 Å². The van der Waals surface area contributed by atoms with Crippen molar-refractivity contribution < 1.29 is 4.79 Å². The number of benzene rings is 1. The maximum atomic E-state index is 12.3. The Bertz CT molecular complexity index is 1030. The third kappa shape index (κ3) is 3.57. The molecule has 1 amide bonds. The topological polar surface area (TPSA) is 91.3 Å². The number of amides is 1. The summed E-state index contributed by atoms with van der Waals surface area (Å²) in [5.74, 6) is 0.106. The number of hydrogen-bond acceptors (Lipinski definition) is 4. The van der Waals surface area contributed by atoms with Gasteiger partial charge in [0.2, 0.25) is 5.91 Å². The van der Waals surface area contributed by atoms with Gasteiger partial charge in [-0.1, -0.05) is 19.9 Å². The van der Waals surface area contributed by atoms with E-state index in [0.29, 0.717) is 17.3 Å². The Balaban J connectivity index is 0.00000210. The first kappa shape index (κ1) is 19.4. The second-order valence-corrected chi connectivity index (χ2v) is 7.19. The number of aromatic amines is 1. The highest BCUT2D eigenvalue weighted by Gasteiger charge is 2.22. The smallest absolute Gasteiger partial charge is 0.251 e. The highest BCUT2D eigenvalue weighted by atomic mass is 35.5. The quantitative estimate of drug-likeness (QED) is 0.642. The van der Waals surface area contributed by atoms with Gasteiger partial charge in [0, 0.05) is 17.9 Å². The molecule has 1 fully saturated rings. The minimum absolute atomic E-state index is 0. The van der Waals surface area contributed by atoms with Gasteiger partial charge in [0.25, 0.3) is 5.56 Å². The van der Waals surface area contributed by atoms with Crippen LogP contribution in [-0.4, -0.2) is 33.6 Å². The first-order valence-corrected chi connectivity index (χ1v) is 9.11. The van der Waals surface area contributed by atoms with E-state index in [9.17, 15) is 9.59 Å². The lowest BCUT2D eigenvalue weighted by Gasteiger charge is -2.23. The van der Waals surface area contributed by atoms with Crippen LogP contribution in [0.4, 0.5) is 5.69 Å². The van der Waals surface area contributed by atoms with Crippen LogP contribution in [-0.2, 0) is 4.79 Å². The van der Waals surface area contributed by atoms with Crippen molar-refractivity contribution >= 4 is 40.6 Å². The van der Waals surface area contributed by atoms with Crippen LogP contribution >= 0.6 is 12.4 Å². The van der Waals surface area contributed by atoms with E-state index in [4.69, 9.17) is 5.10 Å². The third-order valence-corrected chi connectivity index (χ3v) is 5.00. The molecule has 0 bridgehead atoms. The van der Waals surface area contributed by atoms with Crippen molar-refractivity contribution in [2.75, 3.05) is 18.4 Å². The van der Waals surface area contributed by atoms with E-state index in [1.165, 1.54) is 0 Å². The van der Waals surface area contributed by atoms with Crippen LogP contribution in [0.25, 0.3) is 16.6 Å². The number of halogens is 1. The number of piperidine rings is 1. The van der Waals surface area contributed by atoms with Crippen LogP contribution in [0, 0.1) is 5.92 Å². The summed E-state index contributed by atoms with van der Waals surface area (Å²) in [6.07, 6.45) is 1.96. The minimum Gasteiger partial charge on any atom is -0.325 e. The molecular weight excluding hydrogens is 366 g/mol. The molecule has 3 heterocycles. The average Bonchev–Trinajstić information content (AvgIpc) is 3.01. The number of carbonyl (C=O) groups excluding carboxylic acids is 1. The predicted molar refractivity (Wildman–Crippen MR) is 109 cm³/mol. The molecule has 144 valence electrons. The molecule has 1 aromatic carbocycles. The van der Waals surface area contributed by atoms with Gasteiger partial charge in [-0.2, -0.15) is 5.10 Å². The Morgan fingerprint density at radius 2 is 2.04 bits per heavy atom. The van der Waals surface area contributed by atoms with Crippen LogP contribution in [0.5, 0.6) is 0 Å². The van der Waals surface area contributed by atoms with E-state index in [0.717, 1.165) is 42.5 Å². The fourth-order valence-electron chi connectivity index (χ4n) is 3.58. The Hall–Kier alpha value is -2.38. The summed E-state index contributed by atoms with van der Waals surface area (Å²) >= 11 is 0. The van der Waals surface area contributed by atoms with Gasteiger partial charge in [-0.05, 0) is 38.1 Å². The molecule has 0 radical (unpaired) electrons. The molecule has 0 aliphatic carbocycles. The summed E-state index contributed by atoms with van der Waals surface area (Å²) in [6, 6.07) is 7.27. The summed E-state index contributed by atoms with van der Waals surface area (Å²) in [5.41, 5.74) is 2.86. The molecule has 27 heavy (non-hydrogen) atoms. The molecule has 1 aliphatic heterocycles. The molecule has 3 N–H and O–H groups in total. The molecule has 0 saturated carbocycles. The monoisotopic (exact) mass is 389 g/mol. The molecule has 0 atom stereocenters. The second kappa shape index (κ2) is 7.70.